The third kappa shape index (κ3) is 3.38. The Morgan fingerprint density at radius 2 is 1.80 bits per heavy atom. The minimum absolute atomic E-state index is 0.163. The summed E-state index contributed by atoms with van der Waals surface area (Å²) in [6, 6.07) is 1.79. The van der Waals surface area contributed by atoms with Crippen LogP contribution in [0.4, 0.5) is 14.5 Å². The third-order valence-electron chi connectivity index (χ3n) is 2.11. The minimum Gasteiger partial charge on any atom is -0.508 e. The topological polar surface area (TPSA) is 32.3 Å². The predicted molar refractivity (Wildman–Crippen MR) is 56.0 cm³/mol. The average molecular weight is 215 g/mol. The van der Waals surface area contributed by atoms with Crippen LogP contribution in [-0.2, 0) is 0 Å². The Morgan fingerprint density at radius 1 is 1.20 bits per heavy atom. The van der Waals surface area contributed by atoms with Crippen LogP contribution in [-0.4, -0.2) is 11.7 Å². The Kier molecular flexibility index (Phi) is 4.34. The highest BCUT2D eigenvalue weighted by Crippen LogP contribution is 2.23. The lowest BCUT2D eigenvalue weighted by Gasteiger charge is -2.08. The van der Waals surface area contributed by atoms with Crippen molar-refractivity contribution in [2.45, 2.75) is 26.2 Å². The van der Waals surface area contributed by atoms with Crippen LogP contribution in [0.25, 0.3) is 0 Å². The van der Waals surface area contributed by atoms with E-state index in [2.05, 4.69) is 12.2 Å². The van der Waals surface area contributed by atoms with Crippen LogP contribution < -0.4 is 5.32 Å². The molecule has 0 radical (unpaired) electrons. The molecule has 0 bridgehead atoms. The van der Waals surface area contributed by atoms with Crippen molar-refractivity contribution >= 4 is 5.69 Å². The number of halogens is 2. The maximum absolute atomic E-state index is 13.2. The van der Waals surface area contributed by atoms with Gasteiger partial charge in [-0.15, -0.1) is 0 Å². The number of rotatable bonds is 5. The Morgan fingerprint density at radius 3 is 2.33 bits per heavy atom. The average Bonchev–Trinajstić information content (AvgIpc) is 2.15. The van der Waals surface area contributed by atoms with Gasteiger partial charge in [0.2, 0.25) is 0 Å². The second-order valence-corrected chi connectivity index (χ2v) is 3.42. The van der Waals surface area contributed by atoms with Gasteiger partial charge in [-0.05, 0) is 6.42 Å². The molecule has 0 aromatic heterocycles. The molecule has 4 heteroatoms. The van der Waals surface area contributed by atoms with E-state index in [9.17, 15) is 8.78 Å². The van der Waals surface area contributed by atoms with Crippen molar-refractivity contribution in [1.29, 1.82) is 0 Å². The highest BCUT2D eigenvalue weighted by Gasteiger charge is 2.09. The van der Waals surface area contributed by atoms with E-state index >= 15 is 0 Å². The van der Waals surface area contributed by atoms with Crippen LogP contribution in [0.2, 0.25) is 0 Å². The van der Waals surface area contributed by atoms with Crippen molar-refractivity contribution in [2.24, 2.45) is 0 Å². The van der Waals surface area contributed by atoms with Gasteiger partial charge in [-0.1, -0.05) is 19.8 Å². The molecule has 15 heavy (non-hydrogen) atoms. The van der Waals surface area contributed by atoms with E-state index in [-0.39, 0.29) is 5.69 Å². The second kappa shape index (κ2) is 5.53. The lowest BCUT2D eigenvalue weighted by atomic mass is 10.2. The molecule has 1 aromatic carbocycles. The molecular weight excluding hydrogens is 200 g/mol. The van der Waals surface area contributed by atoms with Gasteiger partial charge < -0.3 is 10.4 Å². The van der Waals surface area contributed by atoms with Crippen molar-refractivity contribution in [3.63, 3.8) is 0 Å². The van der Waals surface area contributed by atoms with Gasteiger partial charge in [-0.3, -0.25) is 0 Å². The van der Waals surface area contributed by atoms with Gasteiger partial charge in [0.15, 0.2) is 11.6 Å². The van der Waals surface area contributed by atoms with Crippen molar-refractivity contribution < 1.29 is 13.9 Å². The first kappa shape index (κ1) is 11.8. The number of phenols is 1. The Bertz CT molecular complexity index is 305. The molecule has 0 amide bonds. The maximum atomic E-state index is 13.2. The standard InChI is InChI=1S/C11H15F2NO/c1-2-3-4-5-14-11-9(12)6-8(15)7-10(11)13/h6-7,14-15H,2-5H2,1H3. The summed E-state index contributed by atoms with van der Waals surface area (Å²) < 4.78 is 26.3. The molecule has 2 nitrogen and oxygen atoms in total. The van der Waals surface area contributed by atoms with Crippen LogP contribution in [0.1, 0.15) is 26.2 Å². The van der Waals surface area contributed by atoms with Gasteiger partial charge in [0.05, 0.1) is 0 Å². The zero-order valence-electron chi connectivity index (χ0n) is 8.69. The molecule has 0 heterocycles. The molecular formula is C11H15F2NO. The first-order chi connectivity index (χ1) is 7.15. The number of hydrogen-bond donors (Lipinski definition) is 2. The van der Waals surface area contributed by atoms with Crippen LogP contribution in [0.5, 0.6) is 5.75 Å². The number of phenolic OH excluding ortho intramolecular Hbond substituents is 1. The molecule has 0 saturated heterocycles. The van der Waals surface area contributed by atoms with Crippen molar-refractivity contribution in [3.8, 4) is 5.75 Å². The van der Waals surface area contributed by atoms with E-state index in [1.807, 2.05) is 0 Å². The number of nitrogens with one attached hydrogen (secondary N) is 1. The number of hydrogen-bond acceptors (Lipinski definition) is 2. The number of anilines is 1. The molecule has 84 valence electrons. The molecule has 0 unspecified atom stereocenters. The number of aromatic hydroxyl groups is 1. The second-order valence-electron chi connectivity index (χ2n) is 3.42. The molecule has 0 aliphatic carbocycles. The van der Waals surface area contributed by atoms with E-state index in [1.165, 1.54) is 0 Å². The van der Waals surface area contributed by atoms with Crippen molar-refractivity contribution in [2.75, 3.05) is 11.9 Å². The Labute approximate surface area is 87.9 Å². The summed E-state index contributed by atoms with van der Waals surface area (Å²) in [5, 5.41) is 11.6. The predicted octanol–water partition coefficient (Wildman–Crippen LogP) is 3.27. The zero-order chi connectivity index (χ0) is 11.3. The highest BCUT2D eigenvalue weighted by molar-refractivity contribution is 5.49. The summed E-state index contributed by atoms with van der Waals surface area (Å²) in [5.74, 6) is -1.92. The fraction of sp³-hybridized carbons (Fsp3) is 0.455. The van der Waals surface area contributed by atoms with Gasteiger partial charge in [0.1, 0.15) is 11.4 Å². The summed E-state index contributed by atoms with van der Waals surface area (Å²) in [6.07, 6.45) is 2.95. The minimum atomic E-state index is -0.760. The summed E-state index contributed by atoms with van der Waals surface area (Å²) in [7, 11) is 0. The number of benzene rings is 1. The first-order valence-electron chi connectivity index (χ1n) is 5.07. The Hall–Kier alpha value is -1.32. The molecule has 0 aliphatic rings. The van der Waals surface area contributed by atoms with E-state index in [0.717, 1.165) is 31.4 Å². The number of unbranched alkanes of at least 4 members (excludes halogenated alkanes) is 2. The normalized spacial score (nSPS) is 10.3. The van der Waals surface area contributed by atoms with Crippen LogP contribution >= 0.6 is 0 Å². The van der Waals surface area contributed by atoms with E-state index < -0.39 is 17.4 Å². The van der Waals surface area contributed by atoms with Gasteiger partial charge in [0, 0.05) is 18.7 Å². The fourth-order valence-corrected chi connectivity index (χ4v) is 1.32. The third-order valence-corrected chi connectivity index (χ3v) is 2.11. The molecule has 0 atom stereocenters. The lowest BCUT2D eigenvalue weighted by molar-refractivity contribution is 0.461. The van der Waals surface area contributed by atoms with Crippen LogP contribution in [0.15, 0.2) is 12.1 Å². The fourth-order valence-electron chi connectivity index (χ4n) is 1.32. The van der Waals surface area contributed by atoms with E-state index in [4.69, 9.17) is 5.11 Å². The van der Waals surface area contributed by atoms with Crippen molar-refractivity contribution in [3.05, 3.63) is 23.8 Å². The smallest absolute Gasteiger partial charge is 0.152 e. The lowest BCUT2D eigenvalue weighted by Crippen LogP contribution is -2.05. The SMILES string of the molecule is CCCCCNc1c(F)cc(O)cc1F. The molecule has 2 N–H and O–H groups in total. The largest absolute Gasteiger partial charge is 0.508 e. The first-order valence-corrected chi connectivity index (χ1v) is 5.07. The summed E-state index contributed by atoms with van der Waals surface area (Å²) in [4.78, 5) is 0. The molecule has 0 aliphatic heterocycles. The van der Waals surface area contributed by atoms with Crippen LogP contribution in [0.3, 0.4) is 0 Å². The van der Waals surface area contributed by atoms with Crippen molar-refractivity contribution in [1.82, 2.24) is 0 Å². The van der Waals surface area contributed by atoms with Crippen LogP contribution in [0, 0.1) is 11.6 Å². The zero-order valence-corrected chi connectivity index (χ0v) is 8.69. The summed E-state index contributed by atoms with van der Waals surface area (Å²) in [6.45, 7) is 2.59. The maximum Gasteiger partial charge on any atom is 0.152 e. The van der Waals surface area contributed by atoms with Gasteiger partial charge in [0.25, 0.3) is 0 Å². The summed E-state index contributed by atoms with van der Waals surface area (Å²) in [5.41, 5.74) is -0.163. The van der Waals surface area contributed by atoms with E-state index in [1.54, 1.807) is 0 Å². The quantitative estimate of drug-likeness (QED) is 0.583. The monoisotopic (exact) mass is 215 g/mol. The molecule has 1 aromatic rings. The highest BCUT2D eigenvalue weighted by atomic mass is 19.1. The Balaban J connectivity index is 2.60. The summed E-state index contributed by atoms with van der Waals surface area (Å²) >= 11 is 0. The van der Waals surface area contributed by atoms with Gasteiger partial charge in [-0.25, -0.2) is 8.78 Å². The van der Waals surface area contributed by atoms with Gasteiger partial charge >= 0.3 is 0 Å². The molecule has 0 saturated carbocycles. The van der Waals surface area contributed by atoms with Gasteiger partial charge in [-0.2, -0.15) is 0 Å². The molecule has 1 rings (SSSR count). The molecule has 0 fully saturated rings. The van der Waals surface area contributed by atoms with E-state index in [0.29, 0.717) is 6.54 Å². The molecule has 0 spiro atoms.